The average molecular weight is 412 g/mol. The molecule has 1 aliphatic rings. The van der Waals surface area contributed by atoms with Crippen molar-refractivity contribution in [2.24, 2.45) is 0 Å². The van der Waals surface area contributed by atoms with Crippen LogP contribution in [0.1, 0.15) is 54.4 Å². The van der Waals surface area contributed by atoms with Gasteiger partial charge in [0.2, 0.25) is 5.91 Å². The Bertz CT molecular complexity index is 894. The molecule has 2 aromatic carbocycles. The van der Waals surface area contributed by atoms with Crippen molar-refractivity contribution in [3.63, 3.8) is 0 Å². The van der Waals surface area contributed by atoms with Gasteiger partial charge in [-0.25, -0.2) is 4.39 Å². The summed E-state index contributed by atoms with van der Waals surface area (Å²) in [5.41, 5.74) is 2.46. The van der Waals surface area contributed by atoms with Crippen molar-refractivity contribution in [3.05, 3.63) is 59.4 Å². The molecule has 6 heteroatoms. The van der Waals surface area contributed by atoms with E-state index < -0.39 is 0 Å². The Kier molecular flexibility index (Phi) is 7.44. The second-order valence-electron chi connectivity index (χ2n) is 7.94. The minimum absolute atomic E-state index is 0.114. The zero-order valence-electron chi connectivity index (χ0n) is 17.7. The number of carbonyl (C=O) groups excluding carboxylic acids is 2. The molecule has 2 amide bonds. The Morgan fingerprint density at radius 2 is 1.83 bits per heavy atom. The molecule has 0 heterocycles. The van der Waals surface area contributed by atoms with Crippen molar-refractivity contribution in [2.45, 2.75) is 51.5 Å². The maximum atomic E-state index is 14.6. The molecular weight excluding hydrogens is 381 g/mol. The Morgan fingerprint density at radius 3 is 2.53 bits per heavy atom. The van der Waals surface area contributed by atoms with Gasteiger partial charge in [-0.1, -0.05) is 37.5 Å². The number of anilines is 2. The molecule has 2 aromatic rings. The van der Waals surface area contributed by atoms with E-state index in [0.29, 0.717) is 23.0 Å². The molecule has 0 unspecified atom stereocenters. The summed E-state index contributed by atoms with van der Waals surface area (Å²) in [6.07, 6.45) is 5.91. The van der Waals surface area contributed by atoms with E-state index in [1.807, 2.05) is 31.0 Å². The summed E-state index contributed by atoms with van der Waals surface area (Å²) in [6.45, 7) is 2.08. The highest BCUT2D eigenvalue weighted by Crippen LogP contribution is 2.29. The van der Waals surface area contributed by atoms with Crippen molar-refractivity contribution in [1.82, 2.24) is 5.32 Å². The number of hydrogen-bond acceptors (Lipinski definition) is 3. The second-order valence-corrected chi connectivity index (χ2v) is 7.94. The molecule has 0 aliphatic heterocycles. The molecule has 0 bridgehead atoms. The Labute approximate surface area is 177 Å². The molecule has 1 fully saturated rings. The van der Waals surface area contributed by atoms with E-state index in [1.54, 1.807) is 24.3 Å². The highest BCUT2D eigenvalue weighted by atomic mass is 19.1. The molecule has 0 atom stereocenters. The van der Waals surface area contributed by atoms with E-state index in [4.69, 9.17) is 0 Å². The highest BCUT2D eigenvalue weighted by molar-refractivity contribution is 5.96. The lowest BCUT2D eigenvalue weighted by molar-refractivity contribution is -0.116. The fourth-order valence-corrected chi connectivity index (χ4v) is 3.97. The zero-order valence-corrected chi connectivity index (χ0v) is 17.7. The van der Waals surface area contributed by atoms with Crippen molar-refractivity contribution >= 4 is 23.2 Å². The SMILES string of the molecule is Cc1ccccc1C(=O)NCCC(=O)Nc1ccc(N(C)C2CCCCC2)c(F)c1. The molecule has 0 radical (unpaired) electrons. The minimum atomic E-state index is -0.339. The van der Waals surface area contributed by atoms with Crippen molar-refractivity contribution in [3.8, 4) is 0 Å². The fourth-order valence-electron chi connectivity index (χ4n) is 3.97. The molecule has 3 rings (SSSR count). The van der Waals surface area contributed by atoms with Crippen molar-refractivity contribution in [2.75, 3.05) is 23.8 Å². The van der Waals surface area contributed by atoms with E-state index >= 15 is 0 Å². The highest BCUT2D eigenvalue weighted by Gasteiger charge is 2.20. The number of aryl methyl sites for hydroxylation is 1. The second kappa shape index (κ2) is 10.2. The van der Waals surface area contributed by atoms with Gasteiger partial charge in [-0.15, -0.1) is 0 Å². The maximum Gasteiger partial charge on any atom is 0.251 e. The van der Waals surface area contributed by atoms with Crippen LogP contribution in [0.3, 0.4) is 0 Å². The number of halogens is 1. The largest absolute Gasteiger partial charge is 0.369 e. The van der Waals surface area contributed by atoms with Gasteiger partial charge in [0, 0.05) is 37.3 Å². The van der Waals surface area contributed by atoms with E-state index in [1.165, 1.54) is 25.3 Å². The lowest BCUT2D eigenvalue weighted by atomic mass is 9.94. The zero-order chi connectivity index (χ0) is 21.5. The molecule has 1 aliphatic carbocycles. The Balaban J connectivity index is 1.50. The minimum Gasteiger partial charge on any atom is -0.369 e. The van der Waals surface area contributed by atoms with Crippen LogP contribution in [0.2, 0.25) is 0 Å². The summed E-state index contributed by atoms with van der Waals surface area (Å²) in [4.78, 5) is 26.4. The number of amides is 2. The van der Waals surface area contributed by atoms with Crippen LogP contribution in [-0.2, 0) is 4.79 Å². The number of benzene rings is 2. The van der Waals surface area contributed by atoms with Crippen molar-refractivity contribution in [1.29, 1.82) is 0 Å². The Hall–Kier alpha value is -2.89. The summed E-state index contributed by atoms with van der Waals surface area (Å²) in [7, 11) is 1.93. The molecule has 0 saturated heterocycles. The van der Waals surface area contributed by atoms with Crippen LogP contribution in [0.5, 0.6) is 0 Å². The predicted molar refractivity (Wildman–Crippen MR) is 118 cm³/mol. The quantitative estimate of drug-likeness (QED) is 0.697. The summed E-state index contributed by atoms with van der Waals surface area (Å²) in [6, 6.07) is 12.5. The molecule has 2 N–H and O–H groups in total. The molecule has 30 heavy (non-hydrogen) atoms. The molecule has 160 valence electrons. The van der Waals surface area contributed by atoms with E-state index in [2.05, 4.69) is 10.6 Å². The van der Waals surface area contributed by atoms with Gasteiger partial charge in [-0.3, -0.25) is 9.59 Å². The van der Waals surface area contributed by atoms with Crippen LogP contribution in [-0.4, -0.2) is 31.4 Å². The van der Waals surface area contributed by atoms with Gasteiger partial charge in [-0.2, -0.15) is 0 Å². The van der Waals surface area contributed by atoms with Crippen LogP contribution in [0.15, 0.2) is 42.5 Å². The molecular formula is C24H30FN3O2. The third-order valence-corrected chi connectivity index (χ3v) is 5.76. The van der Waals surface area contributed by atoms with Gasteiger partial charge < -0.3 is 15.5 Å². The first kappa shape index (κ1) is 21.8. The van der Waals surface area contributed by atoms with Gasteiger partial charge in [-0.05, 0) is 49.6 Å². The lowest BCUT2D eigenvalue weighted by Gasteiger charge is -2.33. The normalized spacial score (nSPS) is 14.2. The van der Waals surface area contributed by atoms with Crippen LogP contribution in [0.4, 0.5) is 15.8 Å². The molecule has 5 nitrogen and oxygen atoms in total. The van der Waals surface area contributed by atoms with Gasteiger partial charge in [0.25, 0.3) is 5.91 Å². The van der Waals surface area contributed by atoms with E-state index in [0.717, 1.165) is 18.4 Å². The molecule has 0 aromatic heterocycles. The molecule has 0 spiro atoms. The van der Waals surface area contributed by atoms with E-state index in [9.17, 15) is 14.0 Å². The standard InChI is InChI=1S/C24H30FN3O2/c1-17-8-6-7-11-20(17)24(30)26-15-14-23(29)27-18-12-13-22(21(25)16-18)28(2)19-9-4-3-5-10-19/h6-8,11-13,16,19H,3-5,9-10,14-15H2,1-2H3,(H,26,30)(H,27,29). The lowest BCUT2D eigenvalue weighted by Crippen LogP contribution is -2.33. The van der Waals surface area contributed by atoms with Crippen LogP contribution < -0.4 is 15.5 Å². The monoisotopic (exact) mass is 411 g/mol. The summed E-state index contributed by atoms with van der Waals surface area (Å²) in [5, 5.41) is 5.45. The number of nitrogens with one attached hydrogen (secondary N) is 2. The third kappa shape index (κ3) is 5.59. The fraction of sp³-hybridized carbons (Fsp3) is 0.417. The van der Waals surface area contributed by atoms with Gasteiger partial charge in [0.15, 0.2) is 0 Å². The predicted octanol–water partition coefficient (Wildman–Crippen LogP) is 4.66. The first-order chi connectivity index (χ1) is 14.5. The van der Waals surface area contributed by atoms with E-state index in [-0.39, 0.29) is 30.6 Å². The van der Waals surface area contributed by atoms with Crippen LogP contribution in [0.25, 0.3) is 0 Å². The number of hydrogen-bond donors (Lipinski definition) is 2. The summed E-state index contributed by atoms with van der Waals surface area (Å²) >= 11 is 0. The third-order valence-electron chi connectivity index (χ3n) is 5.76. The summed E-state index contributed by atoms with van der Waals surface area (Å²) in [5.74, 6) is -0.816. The van der Waals surface area contributed by atoms with Crippen LogP contribution in [0, 0.1) is 12.7 Å². The summed E-state index contributed by atoms with van der Waals surface area (Å²) < 4.78 is 14.6. The first-order valence-corrected chi connectivity index (χ1v) is 10.6. The maximum absolute atomic E-state index is 14.6. The Morgan fingerprint density at radius 1 is 1.10 bits per heavy atom. The van der Waals surface area contributed by atoms with Crippen LogP contribution >= 0.6 is 0 Å². The van der Waals surface area contributed by atoms with Gasteiger partial charge in [0.05, 0.1) is 5.69 Å². The number of rotatable bonds is 7. The number of carbonyl (C=O) groups is 2. The smallest absolute Gasteiger partial charge is 0.251 e. The van der Waals surface area contributed by atoms with Gasteiger partial charge in [0.1, 0.15) is 5.82 Å². The average Bonchev–Trinajstić information content (AvgIpc) is 2.74. The van der Waals surface area contributed by atoms with Gasteiger partial charge >= 0.3 is 0 Å². The van der Waals surface area contributed by atoms with Crippen molar-refractivity contribution < 1.29 is 14.0 Å². The topological polar surface area (TPSA) is 61.4 Å². The number of nitrogens with zero attached hydrogens (tertiary/aromatic N) is 1. The first-order valence-electron chi connectivity index (χ1n) is 10.6. The molecule has 1 saturated carbocycles.